The SMILES string of the molecule is COC(=O)c1c(O)ccc(O)c1C(=O)c1c(O)cc2c(c1O)C1=CC[C@]3(C2)C(C1=O)C(=O)c1c(O)cc(C)cc1[C@@H]3OC(=O)C(C)C. The van der Waals surface area contributed by atoms with Gasteiger partial charge < -0.3 is 35.0 Å². The number of aryl methyl sites for hydroxylation is 1. The first kappa shape index (κ1) is 31.3. The van der Waals surface area contributed by atoms with Crippen molar-refractivity contribution in [3.63, 3.8) is 0 Å². The van der Waals surface area contributed by atoms with Crippen molar-refractivity contribution in [2.45, 2.75) is 39.7 Å². The number of carbonyl (C=O) groups excluding carboxylic acids is 5. The molecule has 0 aliphatic heterocycles. The maximum Gasteiger partial charge on any atom is 0.342 e. The Balaban J connectivity index is 1.59. The van der Waals surface area contributed by atoms with Crippen LogP contribution in [0.2, 0.25) is 0 Å². The summed E-state index contributed by atoms with van der Waals surface area (Å²) in [5.41, 5.74) is -3.25. The fourth-order valence-corrected chi connectivity index (χ4v) is 7.19. The van der Waals surface area contributed by atoms with Crippen molar-refractivity contribution in [1.29, 1.82) is 0 Å². The van der Waals surface area contributed by atoms with E-state index in [1.165, 1.54) is 12.1 Å². The molecule has 3 aromatic rings. The number of fused-ring (bicyclic) bond motifs is 2. The molecular weight excluding hydrogens is 612 g/mol. The number of methoxy groups -OCH3 is 1. The molecular formula is C35H30O12. The van der Waals surface area contributed by atoms with Gasteiger partial charge in [0, 0.05) is 22.1 Å². The standard InChI is InChI=1S/C35H30O12/c1-13(2)33(44)47-32-17-9-14(3)10-20(38)23(17)31(43)27-28(40)16-7-8-35(27,32)12-15-11-21(39)26(29(41)22(15)16)30(42)24-18(36)5-6-19(37)25(24)34(45)46-4/h5-7,9-11,13,27,32,36-39,41H,8,12H2,1-4H3/t27?,32-,35-/m0/s1. The van der Waals surface area contributed by atoms with E-state index in [2.05, 4.69) is 4.74 Å². The van der Waals surface area contributed by atoms with Crippen molar-refractivity contribution in [1.82, 2.24) is 0 Å². The van der Waals surface area contributed by atoms with Gasteiger partial charge in [0.15, 0.2) is 11.6 Å². The molecule has 12 heteroatoms. The first-order valence-corrected chi connectivity index (χ1v) is 14.7. The Kier molecular flexibility index (Phi) is 7.15. The minimum Gasteiger partial charge on any atom is -0.507 e. The number of allylic oxidation sites excluding steroid dienone is 2. The summed E-state index contributed by atoms with van der Waals surface area (Å²) in [4.78, 5) is 67.9. The first-order valence-electron chi connectivity index (χ1n) is 14.7. The van der Waals surface area contributed by atoms with Crippen LogP contribution >= 0.6 is 0 Å². The Bertz CT molecular complexity index is 2000. The van der Waals surface area contributed by atoms with Gasteiger partial charge in [-0.2, -0.15) is 0 Å². The molecule has 0 aromatic heterocycles. The van der Waals surface area contributed by atoms with Crippen LogP contribution in [0.4, 0.5) is 0 Å². The molecule has 7 rings (SSSR count). The van der Waals surface area contributed by atoms with E-state index in [4.69, 9.17) is 4.74 Å². The van der Waals surface area contributed by atoms with Crippen molar-refractivity contribution < 1.29 is 59.0 Å². The van der Waals surface area contributed by atoms with Gasteiger partial charge in [-0.15, -0.1) is 0 Å². The zero-order valence-electron chi connectivity index (χ0n) is 25.7. The Morgan fingerprint density at radius 1 is 0.851 bits per heavy atom. The third-order valence-corrected chi connectivity index (χ3v) is 9.26. The molecule has 47 heavy (non-hydrogen) atoms. The number of Topliss-reactive ketones (excluding diaryl/α,β-unsaturated/α-hetero) is 2. The van der Waals surface area contributed by atoms with Crippen LogP contribution < -0.4 is 0 Å². The lowest BCUT2D eigenvalue weighted by atomic mass is 9.55. The van der Waals surface area contributed by atoms with Gasteiger partial charge in [0.2, 0.25) is 5.78 Å². The molecule has 242 valence electrons. The van der Waals surface area contributed by atoms with E-state index < -0.39 is 92.3 Å². The Morgan fingerprint density at radius 2 is 1.51 bits per heavy atom. The maximum atomic E-state index is 14.3. The summed E-state index contributed by atoms with van der Waals surface area (Å²) in [6, 6.07) is 6.00. The molecule has 5 N–H and O–H groups in total. The fourth-order valence-electron chi connectivity index (χ4n) is 7.19. The monoisotopic (exact) mass is 642 g/mol. The second-order valence-corrected chi connectivity index (χ2v) is 12.4. The predicted molar refractivity (Wildman–Crippen MR) is 162 cm³/mol. The number of ketones is 3. The zero-order valence-corrected chi connectivity index (χ0v) is 25.7. The van der Waals surface area contributed by atoms with Crippen LogP contribution in [0.5, 0.6) is 28.7 Å². The van der Waals surface area contributed by atoms with E-state index in [-0.39, 0.29) is 46.4 Å². The number of benzene rings is 3. The summed E-state index contributed by atoms with van der Waals surface area (Å²) in [5.74, 6) is -10.1. The van der Waals surface area contributed by atoms with Crippen LogP contribution in [0.1, 0.15) is 85.3 Å². The fraction of sp³-hybridized carbons (Fsp3) is 0.286. The summed E-state index contributed by atoms with van der Waals surface area (Å²) >= 11 is 0. The van der Waals surface area contributed by atoms with Crippen molar-refractivity contribution in [2.75, 3.05) is 7.11 Å². The van der Waals surface area contributed by atoms with Crippen LogP contribution in [0.3, 0.4) is 0 Å². The van der Waals surface area contributed by atoms with E-state index in [0.29, 0.717) is 5.56 Å². The van der Waals surface area contributed by atoms with Gasteiger partial charge in [-0.3, -0.25) is 19.2 Å². The zero-order chi connectivity index (χ0) is 34.3. The van der Waals surface area contributed by atoms with Gasteiger partial charge in [-0.25, -0.2) is 4.79 Å². The highest BCUT2D eigenvalue weighted by Gasteiger charge is 2.62. The average molecular weight is 643 g/mol. The molecule has 3 aromatic carbocycles. The average Bonchev–Trinajstić information content (AvgIpc) is 3.22. The molecule has 1 spiro atoms. The largest absolute Gasteiger partial charge is 0.507 e. The van der Waals surface area contributed by atoms with Crippen LogP contribution in [0.25, 0.3) is 5.57 Å². The maximum absolute atomic E-state index is 14.3. The lowest BCUT2D eigenvalue weighted by Crippen LogP contribution is -2.52. The van der Waals surface area contributed by atoms with Crippen LogP contribution in [-0.2, 0) is 25.5 Å². The highest BCUT2D eigenvalue weighted by Crippen LogP contribution is 2.62. The summed E-state index contributed by atoms with van der Waals surface area (Å²) in [5, 5.41) is 54.7. The van der Waals surface area contributed by atoms with Crippen molar-refractivity contribution in [3.05, 3.63) is 80.9 Å². The highest BCUT2D eigenvalue weighted by atomic mass is 16.5. The second-order valence-electron chi connectivity index (χ2n) is 12.4. The number of hydrogen-bond acceptors (Lipinski definition) is 12. The van der Waals surface area contributed by atoms with E-state index >= 15 is 0 Å². The smallest absolute Gasteiger partial charge is 0.342 e. The van der Waals surface area contributed by atoms with Gasteiger partial charge >= 0.3 is 11.9 Å². The van der Waals surface area contributed by atoms with Crippen LogP contribution in [0, 0.1) is 24.2 Å². The predicted octanol–water partition coefficient (Wildman–Crippen LogP) is 4.19. The molecule has 4 aliphatic carbocycles. The van der Waals surface area contributed by atoms with Gasteiger partial charge in [0.05, 0.1) is 30.1 Å². The van der Waals surface area contributed by atoms with E-state index in [1.807, 2.05) is 0 Å². The second kappa shape index (κ2) is 10.7. The summed E-state index contributed by atoms with van der Waals surface area (Å²) < 4.78 is 10.7. The molecule has 0 fully saturated rings. The van der Waals surface area contributed by atoms with Crippen LogP contribution in [-0.4, -0.2) is 61.9 Å². The minimum atomic E-state index is -1.47. The van der Waals surface area contributed by atoms with Crippen molar-refractivity contribution in [2.24, 2.45) is 17.3 Å². The number of carbonyl (C=O) groups is 5. The molecule has 0 heterocycles. The molecule has 0 saturated carbocycles. The molecule has 3 atom stereocenters. The Labute approximate surface area is 267 Å². The molecule has 2 bridgehead atoms. The van der Waals surface area contributed by atoms with Gasteiger partial charge in [-0.1, -0.05) is 26.0 Å². The van der Waals surface area contributed by atoms with E-state index in [0.717, 1.165) is 25.3 Å². The molecule has 0 amide bonds. The van der Waals surface area contributed by atoms with Crippen molar-refractivity contribution >= 4 is 34.9 Å². The van der Waals surface area contributed by atoms with E-state index in [1.54, 1.807) is 26.8 Å². The lowest BCUT2D eigenvalue weighted by Gasteiger charge is -2.48. The molecule has 0 radical (unpaired) electrons. The molecule has 4 aliphatic rings. The third-order valence-electron chi connectivity index (χ3n) is 9.26. The number of rotatable bonds is 5. The van der Waals surface area contributed by atoms with Crippen molar-refractivity contribution in [3.8, 4) is 28.7 Å². The number of aromatic hydroxyl groups is 5. The summed E-state index contributed by atoms with van der Waals surface area (Å²) in [7, 11) is 0.983. The summed E-state index contributed by atoms with van der Waals surface area (Å²) in [6.45, 7) is 4.93. The number of hydrogen-bond donors (Lipinski definition) is 5. The lowest BCUT2D eigenvalue weighted by molar-refractivity contribution is -0.166. The van der Waals surface area contributed by atoms with Gasteiger partial charge in [0.1, 0.15) is 46.0 Å². The first-order chi connectivity index (χ1) is 22.1. The third kappa shape index (κ3) is 4.38. The molecule has 0 saturated heterocycles. The molecule has 12 nitrogen and oxygen atoms in total. The van der Waals surface area contributed by atoms with Crippen LogP contribution in [0.15, 0.2) is 36.4 Å². The number of phenolic OH excluding ortho intramolecular Hbond substituents is 5. The van der Waals surface area contributed by atoms with Gasteiger partial charge in [-0.05, 0) is 55.2 Å². The summed E-state index contributed by atoms with van der Waals surface area (Å²) in [6.07, 6.45) is 0.0961. The Morgan fingerprint density at radius 3 is 2.15 bits per heavy atom. The minimum absolute atomic E-state index is 0.00661. The topological polar surface area (TPSA) is 205 Å². The number of ether oxygens (including phenoxy) is 2. The number of phenols is 5. The molecule has 1 unspecified atom stereocenters. The quantitative estimate of drug-likeness (QED) is 0.115. The van der Waals surface area contributed by atoms with E-state index in [9.17, 15) is 49.5 Å². The number of esters is 2. The highest BCUT2D eigenvalue weighted by molar-refractivity contribution is 6.33. The normalized spacial score (nSPS) is 20.9. The Hall–Kier alpha value is -5.65. The van der Waals surface area contributed by atoms with Gasteiger partial charge in [0.25, 0.3) is 0 Å².